The van der Waals surface area contributed by atoms with Gasteiger partial charge < -0.3 is 0 Å². The monoisotopic (exact) mass is 316 g/mol. The lowest BCUT2D eigenvalue weighted by molar-refractivity contribution is 0.0750. The summed E-state index contributed by atoms with van der Waals surface area (Å²) in [5.41, 5.74) is 3.53. The van der Waals surface area contributed by atoms with Crippen molar-refractivity contribution in [2.75, 3.05) is 13.1 Å². The van der Waals surface area contributed by atoms with Crippen molar-refractivity contribution in [2.24, 2.45) is 0 Å². The molecule has 0 radical (unpaired) electrons. The molecule has 0 aliphatic carbocycles. The van der Waals surface area contributed by atoms with Gasteiger partial charge in [-0.1, -0.05) is 18.0 Å². The van der Waals surface area contributed by atoms with E-state index in [2.05, 4.69) is 21.4 Å². The molecule has 1 saturated heterocycles. The summed E-state index contributed by atoms with van der Waals surface area (Å²) in [4.78, 5) is 12.0. The van der Waals surface area contributed by atoms with Gasteiger partial charge in [0.15, 0.2) is 0 Å². The highest BCUT2D eigenvalue weighted by Gasteiger charge is 2.14. The standard InChI is InChI=1S/C12H14BrClN2O/c13-10-8-9(4-5-11(10)14)12(17)15-16-6-2-1-3-7-16/h4-5,8H,1-3,6-7H2,(H,15,17). The van der Waals surface area contributed by atoms with Crippen LogP contribution in [0.25, 0.3) is 0 Å². The van der Waals surface area contributed by atoms with Gasteiger partial charge in [0.1, 0.15) is 0 Å². The summed E-state index contributed by atoms with van der Waals surface area (Å²) < 4.78 is 0.741. The molecule has 1 aromatic carbocycles. The third-order valence-corrected chi connectivity index (χ3v) is 4.01. The molecule has 5 heteroatoms. The molecule has 1 amide bonds. The molecule has 1 aromatic rings. The van der Waals surface area contributed by atoms with Gasteiger partial charge in [-0.05, 0) is 47.0 Å². The van der Waals surface area contributed by atoms with Gasteiger partial charge in [-0.25, -0.2) is 5.01 Å². The van der Waals surface area contributed by atoms with Crippen LogP contribution in [0.2, 0.25) is 5.02 Å². The van der Waals surface area contributed by atoms with Crippen LogP contribution in [0.3, 0.4) is 0 Å². The van der Waals surface area contributed by atoms with Crippen molar-refractivity contribution in [2.45, 2.75) is 19.3 Å². The number of amides is 1. The molecule has 0 atom stereocenters. The second-order valence-electron chi connectivity index (χ2n) is 4.12. The van der Waals surface area contributed by atoms with E-state index in [1.165, 1.54) is 6.42 Å². The topological polar surface area (TPSA) is 32.3 Å². The van der Waals surface area contributed by atoms with Gasteiger partial charge in [-0.15, -0.1) is 0 Å². The number of hydrazine groups is 1. The molecule has 3 nitrogen and oxygen atoms in total. The Bertz CT molecular complexity index is 419. The van der Waals surface area contributed by atoms with Crippen LogP contribution in [-0.4, -0.2) is 24.0 Å². The number of halogens is 2. The minimum Gasteiger partial charge on any atom is -0.285 e. The summed E-state index contributed by atoms with van der Waals surface area (Å²) in [5.74, 6) is -0.0794. The molecule has 92 valence electrons. The van der Waals surface area contributed by atoms with E-state index < -0.39 is 0 Å². The number of carbonyl (C=O) groups is 1. The van der Waals surface area contributed by atoms with Crippen LogP contribution < -0.4 is 5.43 Å². The SMILES string of the molecule is O=C(NN1CCCCC1)c1ccc(Cl)c(Br)c1. The lowest BCUT2D eigenvalue weighted by atomic mass is 10.1. The van der Waals surface area contributed by atoms with Crippen molar-refractivity contribution in [1.82, 2.24) is 10.4 Å². The lowest BCUT2D eigenvalue weighted by Gasteiger charge is -2.26. The minimum atomic E-state index is -0.0794. The number of nitrogens with zero attached hydrogens (tertiary/aromatic N) is 1. The molecule has 1 aliphatic heterocycles. The van der Waals surface area contributed by atoms with E-state index in [9.17, 15) is 4.79 Å². The molecule has 0 spiro atoms. The number of piperidine rings is 1. The van der Waals surface area contributed by atoms with E-state index >= 15 is 0 Å². The van der Waals surface area contributed by atoms with Crippen LogP contribution in [0.1, 0.15) is 29.6 Å². The zero-order valence-corrected chi connectivity index (χ0v) is 11.7. The van der Waals surface area contributed by atoms with E-state index in [1.54, 1.807) is 18.2 Å². The second-order valence-corrected chi connectivity index (χ2v) is 5.38. The van der Waals surface area contributed by atoms with Crippen molar-refractivity contribution in [3.05, 3.63) is 33.3 Å². The zero-order valence-electron chi connectivity index (χ0n) is 9.38. The molecular weight excluding hydrogens is 304 g/mol. The van der Waals surface area contributed by atoms with Crippen LogP contribution >= 0.6 is 27.5 Å². The highest BCUT2D eigenvalue weighted by atomic mass is 79.9. The first kappa shape index (κ1) is 12.9. The highest BCUT2D eigenvalue weighted by Crippen LogP contribution is 2.23. The first-order valence-corrected chi connectivity index (χ1v) is 6.85. The number of hydrogen-bond donors (Lipinski definition) is 1. The maximum absolute atomic E-state index is 12.0. The third-order valence-electron chi connectivity index (χ3n) is 2.80. The smallest absolute Gasteiger partial charge is 0.265 e. The Morgan fingerprint density at radius 1 is 1.29 bits per heavy atom. The van der Waals surface area contributed by atoms with Crippen molar-refractivity contribution >= 4 is 33.4 Å². The van der Waals surface area contributed by atoms with Crippen LogP contribution in [-0.2, 0) is 0 Å². The average Bonchev–Trinajstić information content (AvgIpc) is 2.34. The van der Waals surface area contributed by atoms with Crippen molar-refractivity contribution < 1.29 is 4.79 Å². The van der Waals surface area contributed by atoms with Crippen LogP contribution in [0.5, 0.6) is 0 Å². The first-order valence-electron chi connectivity index (χ1n) is 5.68. The van der Waals surface area contributed by atoms with E-state index in [0.717, 1.165) is 30.4 Å². The van der Waals surface area contributed by atoms with Gasteiger partial charge in [0, 0.05) is 23.1 Å². The molecule has 1 fully saturated rings. The summed E-state index contributed by atoms with van der Waals surface area (Å²) in [5, 5.41) is 2.59. The Morgan fingerprint density at radius 3 is 2.65 bits per heavy atom. The van der Waals surface area contributed by atoms with Gasteiger partial charge in [-0.2, -0.15) is 0 Å². The molecule has 0 unspecified atom stereocenters. The maximum Gasteiger partial charge on any atom is 0.265 e. The third kappa shape index (κ3) is 3.44. The van der Waals surface area contributed by atoms with Crippen molar-refractivity contribution in [3.8, 4) is 0 Å². The predicted molar refractivity (Wildman–Crippen MR) is 72.0 cm³/mol. The fourth-order valence-electron chi connectivity index (χ4n) is 1.85. The summed E-state index contributed by atoms with van der Waals surface area (Å²) >= 11 is 9.20. The number of benzene rings is 1. The van der Waals surface area contributed by atoms with Crippen LogP contribution in [0.4, 0.5) is 0 Å². The average molecular weight is 318 g/mol. The summed E-state index contributed by atoms with van der Waals surface area (Å²) in [7, 11) is 0. The fraction of sp³-hybridized carbons (Fsp3) is 0.417. The molecule has 0 aromatic heterocycles. The molecule has 1 aliphatic rings. The molecule has 17 heavy (non-hydrogen) atoms. The number of carbonyl (C=O) groups excluding carboxylic acids is 1. The quantitative estimate of drug-likeness (QED) is 0.908. The van der Waals surface area contributed by atoms with Gasteiger partial charge in [0.25, 0.3) is 5.91 Å². The maximum atomic E-state index is 12.0. The summed E-state index contributed by atoms with van der Waals surface area (Å²) in [6.07, 6.45) is 3.54. The van der Waals surface area contributed by atoms with E-state index in [4.69, 9.17) is 11.6 Å². The van der Waals surface area contributed by atoms with Crippen molar-refractivity contribution in [1.29, 1.82) is 0 Å². The van der Waals surface area contributed by atoms with E-state index in [0.29, 0.717) is 10.6 Å². The first-order chi connectivity index (χ1) is 8.16. The second kappa shape index (κ2) is 5.85. The van der Waals surface area contributed by atoms with Gasteiger partial charge >= 0.3 is 0 Å². The van der Waals surface area contributed by atoms with Gasteiger partial charge in [-0.3, -0.25) is 10.2 Å². The van der Waals surface area contributed by atoms with E-state index in [-0.39, 0.29) is 5.91 Å². The van der Waals surface area contributed by atoms with Gasteiger partial charge in [0.2, 0.25) is 0 Å². The van der Waals surface area contributed by atoms with Crippen LogP contribution in [0, 0.1) is 0 Å². The molecule has 1 N–H and O–H groups in total. The minimum absolute atomic E-state index is 0.0794. The lowest BCUT2D eigenvalue weighted by Crippen LogP contribution is -2.45. The molecule has 2 rings (SSSR count). The fourth-order valence-corrected chi connectivity index (χ4v) is 2.35. The Kier molecular flexibility index (Phi) is 4.42. The van der Waals surface area contributed by atoms with E-state index in [1.807, 2.05) is 5.01 Å². The Labute approximate surface area is 114 Å². The number of hydrogen-bond acceptors (Lipinski definition) is 2. The molecule has 0 saturated carbocycles. The normalized spacial score (nSPS) is 16.8. The van der Waals surface area contributed by atoms with Crippen molar-refractivity contribution in [3.63, 3.8) is 0 Å². The van der Waals surface area contributed by atoms with Gasteiger partial charge in [0.05, 0.1) is 5.02 Å². The zero-order chi connectivity index (χ0) is 12.3. The molecular formula is C12H14BrClN2O. The Hall–Kier alpha value is -0.580. The number of rotatable bonds is 2. The number of nitrogens with one attached hydrogen (secondary N) is 1. The molecule has 0 bridgehead atoms. The summed E-state index contributed by atoms with van der Waals surface area (Å²) in [6, 6.07) is 5.19. The largest absolute Gasteiger partial charge is 0.285 e. The summed E-state index contributed by atoms with van der Waals surface area (Å²) in [6.45, 7) is 1.86. The van der Waals surface area contributed by atoms with Crippen LogP contribution in [0.15, 0.2) is 22.7 Å². The highest BCUT2D eigenvalue weighted by molar-refractivity contribution is 9.10. The Balaban J connectivity index is 2.01. The predicted octanol–water partition coefficient (Wildman–Crippen LogP) is 3.23. The molecule has 1 heterocycles. The Morgan fingerprint density at radius 2 is 2.00 bits per heavy atom.